The fourth-order valence-corrected chi connectivity index (χ4v) is 6.29. The number of pyridine rings is 1. The molecule has 0 atom stereocenters. The molecule has 2 fully saturated rings. The van der Waals surface area contributed by atoms with Crippen molar-refractivity contribution in [3.05, 3.63) is 89.4 Å². The fourth-order valence-electron chi connectivity index (χ4n) is 6.29. The van der Waals surface area contributed by atoms with Crippen LogP contribution in [0.25, 0.3) is 22.2 Å². The summed E-state index contributed by atoms with van der Waals surface area (Å²) >= 11 is 0. The average molecular weight is 523 g/mol. The summed E-state index contributed by atoms with van der Waals surface area (Å²) in [5, 5.41) is 4.03. The maximum absolute atomic E-state index is 13.9. The van der Waals surface area contributed by atoms with Gasteiger partial charge in [-0.3, -0.25) is 9.69 Å². The van der Waals surface area contributed by atoms with Crippen LogP contribution in [-0.2, 0) is 13.1 Å². The normalized spacial score (nSPS) is 17.5. The molecule has 2 aliphatic heterocycles. The highest BCUT2D eigenvalue weighted by molar-refractivity contribution is 6.09. The van der Waals surface area contributed by atoms with Gasteiger partial charge in [-0.1, -0.05) is 55.0 Å². The number of rotatable bonds is 7. The number of amides is 1. The van der Waals surface area contributed by atoms with Crippen molar-refractivity contribution < 1.29 is 9.21 Å². The number of hydrogen-bond donors (Lipinski definition) is 1. The van der Waals surface area contributed by atoms with Crippen molar-refractivity contribution in [2.24, 2.45) is 0 Å². The quantitative estimate of drug-likeness (QED) is 0.314. The van der Waals surface area contributed by atoms with Gasteiger partial charge in [-0.25, -0.2) is 4.98 Å². The van der Waals surface area contributed by atoms with E-state index < -0.39 is 0 Å². The van der Waals surface area contributed by atoms with Crippen molar-refractivity contribution in [1.29, 1.82) is 0 Å². The van der Waals surface area contributed by atoms with E-state index in [0.717, 1.165) is 57.9 Å². The summed E-state index contributed by atoms with van der Waals surface area (Å²) in [4.78, 5) is 24.3. The molecule has 0 spiro atoms. The molecule has 0 radical (unpaired) electrons. The van der Waals surface area contributed by atoms with E-state index in [1.54, 1.807) is 0 Å². The van der Waals surface area contributed by atoms with Crippen LogP contribution in [0.1, 0.15) is 59.5 Å². The van der Waals surface area contributed by atoms with Crippen molar-refractivity contribution in [1.82, 2.24) is 20.1 Å². The largest absolute Gasteiger partial charge is 0.465 e. The number of carbonyl (C=O) groups is 1. The van der Waals surface area contributed by atoms with Crippen molar-refractivity contribution in [3.63, 3.8) is 0 Å². The lowest BCUT2D eigenvalue weighted by Crippen LogP contribution is -2.46. The number of nitrogens with zero attached hydrogens (tertiary/aromatic N) is 3. The molecule has 6 rings (SSSR count). The Morgan fingerprint density at radius 1 is 0.923 bits per heavy atom. The number of furan rings is 1. The van der Waals surface area contributed by atoms with Crippen molar-refractivity contribution in [2.75, 3.05) is 26.2 Å². The number of aryl methyl sites for hydroxylation is 1. The fraction of sp³-hybridized carbons (Fsp3) is 0.394. The summed E-state index contributed by atoms with van der Waals surface area (Å²) in [6.07, 6.45) is 6.40. The van der Waals surface area contributed by atoms with Gasteiger partial charge in [0.15, 0.2) is 0 Å². The van der Waals surface area contributed by atoms with E-state index >= 15 is 0 Å². The van der Waals surface area contributed by atoms with Crippen molar-refractivity contribution >= 4 is 16.8 Å². The molecule has 0 bridgehead atoms. The molecule has 4 heterocycles. The third-order valence-corrected chi connectivity index (χ3v) is 8.33. The zero-order valence-corrected chi connectivity index (χ0v) is 22.9. The van der Waals surface area contributed by atoms with Crippen LogP contribution in [0, 0.1) is 6.92 Å². The molecule has 1 N–H and O–H groups in total. The van der Waals surface area contributed by atoms with Gasteiger partial charge in [-0.05, 0) is 77.0 Å². The molecule has 0 saturated carbocycles. The van der Waals surface area contributed by atoms with Gasteiger partial charge in [0.1, 0.15) is 11.5 Å². The van der Waals surface area contributed by atoms with E-state index in [-0.39, 0.29) is 5.91 Å². The van der Waals surface area contributed by atoms with Gasteiger partial charge in [-0.15, -0.1) is 0 Å². The molecule has 6 nitrogen and oxygen atoms in total. The molecule has 0 aliphatic carbocycles. The Hall–Kier alpha value is -3.48. The third kappa shape index (κ3) is 5.77. The summed E-state index contributed by atoms with van der Waals surface area (Å²) < 4.78 is 5.72. The van der Waals surface area contributed by atoms with Gasteiger partial charge in [0, 0.05) is 29.1 Å². The van der Waals surface area contributed by atoms with Crippen LogP contribution in [0.15, 0.2) is 71.1 Å². The Labute approximate surface area is 231 Å². The lowest BCUT2D eigenvalue weighted by Gasteiger charge is -2.40. The maximum Gasteiger partial charge on any atom is 0.252 e. The molecule has 4 aromatic rings. The number of aromatic nitrogens is 1. The Balaban J connectivity index is 1.34. The molecule has 0 unspecified atom stereocenters. The van der Waals surface area contributed by atoms with Crippen molar-refractivity contribution in [3.8, 4) is 11.3 Å². The molecule has 6 heteroatoms. The molecule has 2 aromatic carbocycles. The van der Waals surface area contributed by atoms with Crippen LogP contribution < -0.4 is 5.32 Å². The molecule has 2 saturated heterocycles. The predicted octanol–water partition coefficient (Wildman–Crippen LogP) is 6.18. The van der Waals surface area contributed by atoms with Gasteiger partial charge in [-0.2, -0.15) is 0 Å². The second-order valence-electron chi connectivity index (χ2n) is 11.0. The summed E-state index contributed by atoms with van der Waals surface area (Å²) in [6, 6.07) is 22.8. The number of nitrogens with one attached hydrogen (secondary N) is 1. The molecule has 1 amide bonds. The highest BCUT2D eigenvalue weighted by atomic mass is 16.3. The monoisotopic (exact) mass is 522 g/mol. The van der Waals surface area contributed by atoms with Crippen molar-refractivity contribution in [2.45, 2.75) is 58.2 Å². The van der Waals surface area contributed by atoms with E-state index in [2.05, 4.69) is 27.2 Å². The third-order valence-electron chi connectivity index (χ3n) is 8.33. The van der Waals surface area contributed by atoms with E-state index in [9.17, 15) is 4.79 Å². The number of benzene rings is 2. The van der Waals surface area contributed by atoms with E-state index in [1.807, 2.05) is 61.5 Å². The van der Waals surface area contributed by atoms with Gasteiger partial charge < -0.3 is 14.6 Å². The summed E-state index contributed by atoms with van der Waals surface area (Å²) in [5.41, 5.74) is 4.50. The first-order valence-electron chi connectivity index (χ1n) is 14.4. The van der Waals surface area contributed by atoms with Crippen LogP contribution >= 0.6 is 0 Å². The maximum atomic E-state index is 13.9. The Morgan fingerprint density at radius 2 is 1.67 bits per heavy atom. The van der Waals surface area contributed by atoms with Crippen LogP contribution in [0.5, 0.6) is 0 Å². The summed E-state index contributed by atoms with van der Waals surface area (Å²) in [6.45, 7) is 7.54. The smallest absolute Gasteiger partial charge is 0.252 e. The van der Waals surface area contributed by atoms with Gasteiger partial charge in [0.05, 0.1) is 23.3 Å². The van der Waals surface area contributed by atoms with E-state index in [1.165, 1.54) is 45.2 Å². The van der Waals surface area contributed by atoms with E-state index in [0.29, 0.717) is 19.1 Å². The minimum absolute atomic E-state index is 0.0852. The Morgan fingerprint density at radius 3 is 2.41 bits per heavy atom. The predicted molar refractivity (Wildman–Crippen MR) is 156 cm³/mol. The first kappa shape index (κ1) is 25.8. The standard InChI is InChI=1S/C33H38N4O2/c1-24-14-15-27(39-24)22-34-33(38)31-28-12-6-7-13-30(28)35-32(25-10-4-2-5-11-25)29(31)23-36-20-16-26(17-21-36)37-18-8-3-9-19-37/h2,4-7,10-15,26H,3,8-9,16-23H2,1H3,(H,34,38). The Bertz CT molecular complexity index is 1420. The zero-order valence-electron chi connectivity index (χ0n) is 22.9. The molecule has 39 heavy (non-hydrogen) atoms. The lowest BCUT2D eigenvalue weighted by molar-refractivity contribution is 0.0885. The highest BCUT2D eigenvalue weighted by Crippen LogP contribution is 2.32. The Kier molecular flexibility index (Phi) is 7.75. The SMILES string of the molecule is Cc1ccc(CNC(=O)c2c(CN3CCC(N4CCCCC4)CC3)c(-c3ccccc3)nc3ccccc23)o1. The molecule has 202 valence electrons. The van der Waals surface area contributed by atoms with Gasteiger partial charge in [0.2, 0.25) is 0 Å². The second-order valence-corrected chi connectivity index (χ2v) is 11.0. The lowest BCUT2D eigenvalue weighted by atomic mass is 9.94. The number of piperidine rings is 2. The summed E-state index contributed by atoms with van der Waals surface area (Å²) in [5.74, 6) is 1.51. The first-order valence-corrected chi connectivity index (χ1v) is 14.4. The first-order chi connectivity index (χ1) is 19.2. The van der Waals surface area contributed by atoms with Crippen LogP contribution in [-0.4, -0.2) is 52.9 Å². The number of likely N-dealkylation sites (tertiary alicyclic amines) is 2. The molecular formula is C33H38N4O2. The van der Waals surface area contributed by atoms with Crippen LogP contribution in [0.3, 0.4) is 0 Å². The number of hydrogen-bond acceptors (Lipinski definition) is 5. The highest BCUT2D eigenvalue weighted by Gasteiger charge is 2.28. The molecule has 2 aliphatic rings. The van der Waals surface area contributed by atoms with E-state index in [4.69, 9.17) is 9.40 Å². The van der Waals surface area contributed by atoms with Gasteiger partial charge >= 0.3 is 0 Å². The number of fused-ring (bicyclic) bond motifs is 1. The topological polar surface area (TPSA) is 61.6 Å². The van der Waals surface area contributed by atoms with Crippen LogP contribution in [0.2, 0.25) is 0 Å². The van der Waals surface area contributed by atoms with Crippen LogP contribution in [0.4, 0.5) is 0 Å². The average Bonchev–Trinajstić information content (AvgIpc) is 3.41. The number of para-hydroxylation sites is 1. The summed E-state index contributed by atoms with van der Waals surface area (Å²) in [7, 11) is 0. The number of carbonyl (C=O) groups excluding carboxylic acids is 1. The minimum Gasteiger partial charge on any atom is -0.465 e. The minimum atomic E-state index is -0.0852. The zero-order chi connectivity index (χ0) is 26.6. The molecule has 2 aromatic heterocycles. The van der Waals surface area contributed by atoms with Gasteiger partial charge in [0.25, 0.3) is 5.91 Å². The molecular weight excluding hydrogens is 484 g/mol. The second kappa shape index (κ2) is 11.7.